The summed E-state index contributed by atoms with van der Waals surface area (Å²) in [6.45, 7) is 0.478. The van der Waals surface area contributed by atoms with Crippen molar-refractivity contribution in [2.24, 2.45) is 0 Å². The van der Waals surface area contributed by atoms with E-state index in [0.29, 0.717) is 23.6 Å². The van der Waals surface area contributed by atoms with Gasteiger partial charge in [-0.3, -0.25) is 4.79 Å². The molecule has 0 aliphatic heterocycles. The molecule has 1 heterocycles. The summed E-state index contributed by atoms with van der Waals surface area (Å²) in [6, 6.07) is 21.2. The van der Waals surface area contributed by atoms with E-state index in [1.54, 1.807) is 24.3 Å². The van der Waals surface area contributed by atoms with Crippen LogP contribution in [0.15, 0.2) is 76.7 Å². The molecule has 0 aliphatic rings. The number of carbonyl (C=O) groups excluding carboxylic acids is 1. The van der Waals surface area contributed by atoms with Crippen molar-refractivity contribution in [3.05, 3.63) is 89.4 Å². The number of rotatable bonds is 7. The Morgan fingerprint density at radius 2 is 1.82 bits per heavy atom. The molecule has 0 radical (unpaired) electrons. The second kappa shape index (κ2) is 9.33. The first kappa shape index (κ1) is 19.1. The van der Waals surface area contributed by atoms with Gasteiger partial charge in [0.05, 0.1) is 0 Å². The highest BCUT2D eigenvalue weighted by Gasteiger charge is 2.11. The maximum absolute atomic E-state index is 13.0. The molecule has 1 N–H and O–H groups in total. The van der Waals surface area contributed by atoms with Gasteiger partial charge in [0.15, 0.2) is 0 Å². The molecule has 0 unspecified atom stereocenters. The van der Waals surface area contributed by atoms with Crippen LogP contribution in [0.5, 0.6) is 0 Å². The summed E-state index contributed by atoms with van der Waals surface area (Å²) in [4.78, 5) is 12.2. The molecule has 0 saturated carbocycles. The monoisotopic (exact) mass is 374 g/mol. The first-order valence-electron chi connectivity index (χ1n) is 8.95. The number of nitrogens with one attached hydrogen (secondary N) is 1. The van der Waals surface area contributed by atoms with E-state index in [2.05, 4.69) is 5.32 Å². The Morgan fingerprint density at radius 1 is 1.07 bits per heavy atom. The van der Waals surface area contributed by atoms with Crippen LogP contribution in [-0.4, -0.2) is 12.5 Å². The van der Waals surface area contributed by atoms with Crippen LogP contribution in [0.4, 0.5) is 4.39 Å². The smallest absolute Gasteiger partial charge is 0.262 e. The normalized spacial score (nSPS) is 11.1. The van der Waals surface area contributed by atoms with Gasteiger partial charge in [-0.1, -0.05) is 30.3 Å². The predicted molar refractivity (Wildman–Crippen MR) is 105 cm³/mol. The van der Waals surface area contributed by atoms with Crippen molar-refractivity contribution in [1.29, 1.82) is 5.26 Å². The molecule has 4 nitrogen and oxygen atoms in total. The van der Waals surface area contributed by atoms with E-state index < -0.39 is 5.91 Å². The number of benzene rings is 2. The summed E-state index contributed by atoms with van der Waals surface area (Å²) in [5.41, 5.74) is 1.89. The van der Waals surface area contributed by atoms with Crippen molar-refractivity contribution in [3.8, 4) is 17.4 Å². The quantitative estimate of drug-likeness (QED) is 0.369. The van der Waals surface area contributed by atoms with Gasteiger partial charge in [0.1, 0.15) is 29.0 Å². The highest BCUT2D eigenvalue weighted by atomic mass is 19.1. The van der Waals surface area contributed by atoms with Gasteiger partial charge in [0.25, 0.3) is 5.91 Å². The highest BCUT2D eigenvalue weighted by molar-refractivity contribution is 6.01. The molecule has 3 aromatic rings. The van der Waals surface area contributed by atoms with E-state index in [4.69, 9.17) is 4.42 Å². The van der Waals surface area contributed by atoms with Crippen LogP contribution in [-0.2, 0) is 11.2 Å². The van der Waals surface area contributed by atoms with Gasteiger partial charge in [-0.15, -0.1) is 0 Å². The number of aryl methyl sites for hydroxylation is 1. The van der Waals surface area contributed by atoms with E-state index in [-0.39, 0.29) is 11.4 Å². The van der Waals surface area contributed by atoms with Crippen molar-refractivity contribution in [2.75, 3.05) is 6.54 Å². The molecule has 0 atom stereocenters. The molecular weight excluding hydrogens is 355 g/mol. The number of carbonyl (C=O) groups is 1. The number of halogens is 1. The minimum absolute atomic E-state index is 0.0280. The average molecular weight is 374 g/mol. The lowest BCUT2D eigenvalue weighted by molar-refractivity contribution is -0.117. The van der Waals surface area contributed by atoms with E-state index in [1.807, 2.05) is 36.4 Å². The number of hydrogen-bond acceptors (Lipinski definition) is 3. The first-order valence-corrected chi connectivity index (χ1v) is 8.95. The van der Waals surface area contributed by atoms with Crippen LogP contribution in [0.2, 0.25) is 0 Å². The van der Waals surface area contributed by atoms with E-state index in [0.717, 1.165) is 12.8 Å². The first-order chi connectivity index (χ1) is 13.7. The molecule has 0 bridgehead atoms. The van der Waals surface area contributed by atoms with Crippen LogP contribution in [0.3, 0.4) is 0 Å². The maximum atomic E-state index is 13.0. The Balaban J connectivity index is 1.58. The molecule has 1 amide bonds. The third kappa shape index (κ3) is 5.18. The molecule has 2 aromatic carbocycles. The SMILES string of the molecule is N#C/C(=C/c1ccc(-c2ccc(F)cc2)o1)C(=O)NCCCc1ccccc1. The van der Waals surface area contributed by atoms with Gasteiger partial charge < -0.3 is 9.73 Å². The van der Waals surface area contributed by atoms with Crippen molar-refractivity contribution in [2.45, 2.75) is 12.8 Å². The Hall–Kier alpha value is -3.65. The van der Waals surface area contributed by atoms with Crippen LogP contribution >= 0.6 is 0 Å². The van der Waals surface area contributed by atoms with Gasteiger partial charge >= 0.3 is 0 Å². The summed E-state index contributed by atoms with van der Waals surface area (Å²) in [6.07, 6.45) is 3.04. The summed E-state index contributed by atoms with van der Waals surface area (Å²) < 4.78 is 18.7. The fourth-order valence-corrected chi connectivity index (χ4v) is 2.72. The number of furan rings is 1. The molecule has 28 heavy (non-hydrogen) atoms. The van der Waals surface area contributed by atoms with Gasteiger partial charge in [-0.25, -0.2) is 4.39 Å². The maximum Gasteiger partial charge on any atom is 0.262 e. The fourth-order valence-electron chi connectivity index (χ4n) is 2.72. The molecule has 3 rings (SSSR count). The van der Waals surface area contributed by atoms with Crippen molar-refractivity contribution >= 4 is 12.0 Å². The van der Waals surface area contributed by atoms with Gasteiger partial charge in [-0.2, -0.15) is 5.26 Å². The lowest BCUT2D eigenvalue weighted by Crippen LogP contribution is -2.25. The number of nitrogens with zero attached hydrogens (tertiary/aromatic N) is 1. The fraction of sp³-hybridized carbons (Fsp3) is 0.130. The topological polar surface area (TPSA) is 66.0 Å². The summed E-state index contributed by atoms with van der Waals surface area (Å²) >= 11 is 0. The number of hydrogen-bond donors (Lipinski definition) is 1. The minimum Gasteiger partial charge on any atom is -0.457 e. The second-order valence-corrected chi connectivity index (χ2v) is 6.22. The summed E-state index contributed by atoms with van der Waals surface area (Å²) in [5.74, 6) is 0.156. The number of amides is 1. The zero-order valence-corrected chi connectivity index (χ0v) is 15.2. The van der Waals surface area contributed by atoms with Gasteiger partial charge in [0, 0.05) is 18.2 Å². The number of nitriles is 1. The predicted octanol–water partition coefficient (Wildman–Crippen LogP) is 4.74. The molecular formula is C23H19FN2O2. The third-order valence-electron chi connectivity index (χ3n) is 4.18. The Labute approximate surface area is 162 Å². The molecule has 1 aromatic heterocycles. The summed E-state index contributed by atoms with van der Waals surface area (Å²) in [5, 5.41) is 12.0. The Kier molecular flexibility index (Phi) is 6.37. The summed E-state index contributed by atoms with van der Waals surface area (Å²) in [7, 11) is 0. The largest absolute Gasteiger partial charge is 0.457 e. The molecule has 0 spiro atoms. The van der Waals surface area contributed by atoms with E-state index in [9.17, 15) is 14.4 Å². The van der Waals surface area contributed by atoms with Crippen LogP contribution in [0.1, 0.15) is 17.7 Å². The van der Waals surface area contributed by atoms with Gasteiger partial charge in [-0.05, 0) is 54.8 Å². The standard InChI is InChI=1S/C23H19FN2O2/c24-20-10-8-18(9-11-20)22-13-12-21(28-22)15-19(16-25)23(27)26-14-4-7-17-5-2-1-3-6-17/h1-3,5-6,8-13,15H,4,7,14H2,(H,26,27)/b19-15-. The Morgan fingerprint density at radius 3 is 2.54 bits per heavy atom. The molecule has 0 aliphatic carbocycles. The van der Waals surface area contributed by atoms with E-state index >= 15 is 0 Å². The lowest BCUT2D eigenvalue weighted by Gasteiger charge is -2.04. The molecule has 0 fully saturated rings. The van der Waals surface area contributed by atoms with Crippen LogP contribution < -0.4 is 5.32 Å². The van der Waals surface area contributed by atoms with Crippen molar-refractivity contribution in [3.63, 3.8) is 0 Å². The highest BCUT2D eigenvalue weighted by Crippen LogP contribution is 2.23. The van der Waals surface area contributed by atoms with Crippen LogP contribution in [0, 0.1) is 17.1 Å². The van der Waals surface area contributed by atoms with E-state index in [1.165, 1.54) is 23.8 Å². The molecule has 5 heteroatoms. The van der Waals surface area contributed by atoms with Crippen LogP contribution in [0.25, 0.3) is 17.4 Å². The van der Waals surface area contributed by atoms with Gasteiger partial charge in [0.2, 0.25) is 0 Å². The Bertz CT molecular complexity index is 999. The zero-order valence-electron chi connectivity index (χ0n) is 15.2. The second-order valence-electron chi connectivity index (χ2n) is 6.22. The molecule has 140 valence electrons. The van der Waals surface area contributed by atoms with Crippen molar-refractivity contribution < 1.29 is 13.6 Å². The zero-order chi connectivity index (χ0) is 19.8. The molecule has 0 saturated heterocycles. The lowest BCUT2D eigenvalue weighted by atomic mass is 10.1. The average Bonchev–Trinajstić information content (AvgIpc) is 3.19. The minimum atomic E-state index is -0.435. The van der Waals surface area contributed by atoms with Crippen molar-refractivity contribution in [1.82, 2.24) is 5.32 Å². The third-order valence-corrected chi connectivity index (χ3v) is 4.18.